The van der Waals surface area contributed by atoms with Gasteiger partial charge >= 0.3 is 5.97 Å². The number of nitrogens with zero attached hydrogens (tertiary/aromatic N) is 2. The van der Waals surface area contributed by atoms with Gasteiger partial charge in [0.2, 0.25) is 0 Å². The Labute approximate surface area is 202 Å². The molecule has 1 atom stereocenters. The minimum Gasteiger partial charge on any atom is -0.481 e. The first kappa shape index (κ1) is 23.6. The Hall–Kier alpha value is -3.58. The fraction of sp³-hybridized carbons (Fsp3) is 0.259. The van der Waals surface area contributed by atoms with Gasteiger partial charge in [0.05, 0.1) is 16.3 Å². The first-order chi connectivity index (χ1) is 16.4. The van der Waals surface area contributed by atoms with Gasteiger partial charge in [0.15, 0.2) is 5.78 Å². The molecule has 4 aromatic rings. The molecular weight excluding hydrogens is 446 g/mol. The quantitative estimate of drug-likeness (QED) is 0.252. The molecule has 2 aromatic carbocycles. The number of para-hydroxylation sites is 1. The highest BCUT2D eigenvalue weighted by atomic mass is 32.1. The van der Waals surface area contributed by atoms with Crippen LogP contribution in [0.4, 0.5) is 5.82 Å². The predicted molar refractivity (Wildman–Crippen MR) is 136 cm³/mol. The van der Waals surface area contributed by atoms with E-state index in [2.05, 4.69) is 54.5 Å². The van der Waals surface area contributed by atoms with Crippen molar-refractivity contribution in [1.82, 2.24) is 9.97 Å². The topological polar surface area (TPSA) is 92.2 Å². The Morgan fingerprint density at radius 1 is 1.00 bits per heavy atom. The second-order valence-electron chi connectivity index (χ2n) is 8.58. The van der Waals surface area contributed by atoms with Crippen LogP contribution in [0.3, 0.4) is 0 Å². The van der Waals surface area contributed by atoms with E-state index in [0.29, 0.717) is 23.7 Å². The minimum absolute atomic E-state index is 0.00731. The molecular formula is C27H27N3O3S. The summed E-state index contributed by atoms with van der Waals surface area (Å²) in [6, 6.07) is 20.2. The van der Waals surface area contributed by atoms with Crippen molar-refractivity contribution < 1.29 is 14.7 Å². The number of thiazole rings is 1. The number of benzene rings is 2. The standard InChI is InChI=1S/C27H27N3O3S/c1-17(2)26(30-24-15-14-20(16-28-24)22(31)7-5-9-25(32)33)18-10-12-19(13-11-18)27-29-21-6-3-4-8-23(21)34-27/h3-4,6,8,10-17,26H,5,7,9H2,1-2H3,(H,28,30)(H,32,33)/t26-/m0/s1. The van der Waals surface area contributed by atoms with Gasteiger partial charge in [0, 0.05) is 30.2 Å². The van der Waals surface area contributed by atoms with Crippen LogP contribution in [0.5, 0.6) is 0 Å². The number of nitrogens with one attached hydrogen (secondary N) is 1. The van der Waals surface area contributed by atoms with Gasteiger partial charge in [-0.15, -0.1) is 11.3 Å². The Kier molecular flexibility index (Phi) is 7.33. The lowest BCUT2D eigenvalue weighted by Crippen LogP contribution is -2.17. The number of anilines is 1. The number of ketones is 1. The number of Topliss-reactive ketones (excluding diaryl/α,β-unsaturated/α-hetero) is 1. The number of aliphatic carboxylic acids is 1. The molecule has 0 saturated heterocycles. The number of hydrogen-bond acceptors (Lipinski definition) is 6. The Morgan fingerprint density at radius 3 is 2.41 bits per heavy atom. The molecule has 0 spiro atoms. The highest BCUT2D eigenvalue weighted by molar-refractivity contribution is 7.21. The summed E-state index contributed by atoms with van der Waals surface area (Å²) in [5, 5.41) is 13.2. The van der Waals surface area contributed by atoms with Crippen molar-refractivity contribution in [2.24, 2.45) is 5.92 Å². The molecule has 0 aliphatic heterocycles. The molecule has 2 aromatic heterocycles. The molecule has 0 unspecified atom stereocenters. The molecule has 6 nitrogen and oxygen atoms in total. The van der Waals surface area contributed by atoms with E-state index >= 15 is 0 Å². The molecule has 4 rings (SSSR count). The van der Waals surface area contributed by atoms with Crippen LogP contribution in [0.2, 0.25) is 0 Å². The maximum Gasteiger partial charge on any atom is 0.303 e. The van der Waals surface area contributed by atoms with E-state index in [0.717, 1.165) is 21.7 Å². The first-order valence-electron chi connectivity index (χ1n) is 11.3. The summed E-state index contributed by atoms with van der Waals surface area (Å²) in [6.07, 6.45) is 2.08. The van der Waals surface area contributed by atoms with Crippen molar-refractivity contribution in [2.75, 3.05) is 5.32 Å². The number of fused-ring (bicyclic) bond motifs is 1. The molecule has 174 valence electrons. The summed E-state index contributed by atoms with van der Waals surface area (Å²) in [7, 11) is 0. The second-order valence-corrected chi connectivity index (χ2v) is 9.61. The number of carboxylic acid groups (broad SMARTS) is 1. The number of aromatic nitrogens is 2. The fourth-order valence-corrected chi connectivity index (χ4v) is 4.78. The highest BCUT2D eigenvalue weighted by Gasteiger charge is 2.17. The number of carboxylic acids is 1. The van der Waals surface area contributed by atoms with Crippen LogP contribution in [0, 0.1) is 5.92 Å². The molecule has 0 aliphatic carbocycles. The summed E-state index contributed by atoms with van der Waals surface area (Å²) in [5.74, 6) is 0.0212. The molecule has 2 N–H and O–H groups in total. The van der Waals surface area contributed by atoms with Gasteiger partial charge in [-0.2, -0.15) is 0 Å². The summed E-state index contributed by atoms with van der Waals surface area (Å²) in [4.78, 5) is 32.0. The SMILES string of the molecule is CC(C)[C@H](Nc1ccc(C(=O)CCCC(=O)O)cn1)c1ccc(-c2nc3ccccc3s2)cc1. The Bertz CT molecular complexity index is 1250. The minimum atomic E-state index is -0.890. The van der Waals surface area contributed by atoms with Gasteiger partial charge in [-0.25, -0.2) is 9.97 Å². The lowest BCUT2D eigenvalue weighted by molar-refractivity contribution is -0.137. The summed E-state index contributed by atoms with van der Waals surface area (Å²) in [5.41, 5.74) is 3.76. The largest absolute Gasteiger partial charge is 0.481 e. The molecule has 0 saturated carbocycles. The van der Waals surface area contributed by atoms with Crippen molar-refractivity contribution in [3.8, 4) is 10.6 Å². The molecule has 0 fully saturated rings. The molecule has 0 aliphatic rings. The van der Waals surface area contributed by atoms with Crippen molar-refractivity contribution in [3.05, 3.63) is 78.0 Å². The van der Waals surface area contributed by atoms with Crippen LogP contribution >= 0.6 is 11.3 Å². The zero-order valence-electron chi connectivity index (χ0n) is 19.2. The average Bonchev–Trinajstić information content (AvgIpc) is 3.27. The smallest absolute Gasteiger partial charge is 0.303 e. The molecule has 0 bridgehead atoms. The van der Waals surface area contributed by atoms with Crippen molar-refractivity contribution in [2.45, 2.75) is 39.2 Å². The number of carbonyl (C=O) groups is 2. The number of hydrogen-bond donors (Lipinski definition) is 2. The molecule has 0 amide bonds. The van der Waals surface area contributed by atoms with Gasteiger partial charge in [0.25, 0.3) is 0 Å². The van der Waals surface area contributed by atoms with E-state index in [9.17, 15) is 9.59 Å². The van der Waals surface area contributed by atoms with E-state index < -0.39 is 5.97 Å². The maximum absolute atomic E-state index is 12.2. The van der Waals surface area contributed by atoms with Crippen LogP contribution in [-0.4, -0.2) is 26.8 Å². The maximum atomic E-state index is 12.2. The fourth-order valence-electron chi connectivity index (χ4n) is 3.81. The third-order valence-electron chi connectivity index (χ3n) is 5.66. The lowest BCUT2D eigenvalue weighted by atomic mass is 9.95. The van der Waals surface area contributed by atoms with Crippen molar-refractivity contribution >= 4 is 39.1 Å². The normalized spacial score (nSPS) is 12.1. The zero-order chi connectivity index (χ0) is 24.1. The van der Waals surface area contributed by atoms with E-state index in [1.165, 1.54) is 4.70 Å². The van der Waals surface area contributed by atoms with E-state index in [1.807, 2.05) is 18.2 Å². The van der Waals surface area contributed by atoms with Crippen LogP contribution in [0.15, 0.2) is 66.9 Å². The van der Waals surface area contributed by atoms with Crippen LogP contribution in [-0.2, 0) is 4.79 Å². The second kappa shape index (κ2) is 10.6. The summed E-state index contributed by atoms with van der Waals surface area (Å²) < 4.78 is 1.18. The molecule has 0 radical (unpaired) electrons. The van der Waals surface area contributed by atoms with Gasteiger partial charge in [-0.1, -0.05) is 50.2 Å². The van der Waals surface area contributed by atoms with Crippen molar-refractivity contribution in [3.63, 3.8) is 0 Å². The van der Waals surface area contributed by atoms with E-state index in [1.54, 1.807) is 29.7 Å². The number of pyridine rings is 1. The Balaban J connectivity index is 1.45. The van der Waals surface area contributed by atoms with Gasteiger partial charge in [0.1, 0.15) is 10.8 Å². The van der Waals surface area contributed by atoms with E-state index in [-0.39, 0.29) is 24.7 Å². The van der Waals surface area contributed by atoms with Gasteiger partial charge < -0.3 is 10.4 Å². The monoisotopic (exact) mass is 473 g/mol. The average molecular weight is 474 g/mol. The van der Waals surface area contributed by atoms with Gasteiger partial charge in [-0.3, -0.25) is 9.59 Å². The zero-order valence-corrected chi connectivity index (χ0v) is 20.0. The first-order valence-corrected chi connectivity index (χ1v) is 12.2. The van der Waals surface area contributed by atoms with Crippen molar-refractivity contribution in [1.29, 1.82) is 0 Å². The van der Waals surface area contributed by atoms with Crippen LogP contribution in [0.1, 0.15) is 55.1 Å². The lowest BCUT2D eigenvalue weighted by Gasteiger charge is -2.23. The summed E-state index contributed by atoms with van der Waals surface area (Å²) in [6.45, 7) is 4.30. The van der Waals surface area contributed by atoms with Crippen LogP contribution in [0.25, 0.3) is 20.8 Å². The van der Waals surface area contributed by atoms with Crippen LogP contribution < -0.4 is 5.32 Å². The molecule has 34 heavy (non-hydrogen) atoms. The molecule has 2 heterocycles. The molecule has 7 heteroatoms. The van der Waals surface area contributed by atoms with Gasteiger partial charge in [-0.05, 0) is 42.2 Å². The predicted octanol–water partition coefficient (Wildman–Crippen LogP) is 6.61. The van der Waals surface area contributed by atoms with E-state index in [4.69, 9.17) is 10.1 Å². The Morgan fingerprint density at radius 2 is 1.76 bits per heavy atom. The summed E-state index contributed by atoms with van der Waals surface area (Å²) >= 11 is 1.69. The highest BCUT2D eigenvalue weighted by Crippen LogP contribution is 2.32. The number of rotatable bonds is 10. The number of carbonyl (C=O) groups excluding carboxylic acids is 1. The third kappa shape index (κ3) is 5.66. The third-order valence-corrected chi connectivity index (χ3v) is 6.75.